The van der Waals surface area contributed by atoms with Gasteiger partial charge in [-0.3, -0.25) is 25.4 Å². The summed E-state index contributed by atoms with van der Waals surface area (Å²) in [5.74, 6) is 0.0713. The highest BCUT2D eigenvalue weighted by atomic mass is 32.1. The number of rotatable bonds is 5. The third kappa shape index (κ3) is 3.88. The number of thiophene rings is 1. The monoisotopic (exact) mass is 405 g/mol. The summed E-state index contributed by atoms with van der Waals surface area (Å²) in [6.45, 7) is 2.97. The molecule has 0 aliphatic rings. The zero-order chi connectivity index (χ0) is 20.2. The fourth-order valence-electron chi connectivity index (χ4n) is 3.04. The molecular weight excluding hydrogens is 386 g/mol. The number of hydrogen-bond donors (Lipinski definition) is 2. The van der Waals surface area contributed by atoms with E-state index < -0.39 is 5.91 Å². The molecule has 8 heteroatoms. The van der Waals surface area contributed by atoms with Crippen LogP contribution in [0.25, 0.3) is 21.7 Å². The van der Waals surface area contributed by atoms with Gasteiger partial charge in [0.1, 0.15) is 0 Å². The predicted octanol–water partition coefficient (Wildman–Crippen LogP) is 3.64. The third-order valence-electron chi connectivity index (χ3n) is 4.38. The molecule has 0 radical (unpaired) electrons. The first-order chi connectivity index (χ1) is 14.2. The van der Waals surface area contributed by atoms with Crippen molar-refractivity contribution in [1.29, 1.82) is 0 Å². The SMILES string of the molecule is CCCn1c(-c2ccc(C(=O)NNC(=O)c3ccncc3)s2)nc2ccccc21. The Bertz CT molecular complexity index is 1170. The van der Waals surface area contributed by atoms with E-state index in [4.69, 9.17) is 4.98 Å². The third-order valence-corrected chi connectivity index (χ3v) is 5.46. The molecule has 7 nitrogen and oxygen atoms in total. The fraction of sp³-hybridized carbons (Fsp3) is 0.143. The van der Waals surface area contributed by atoms with Crippen LogP contribution in [-0.4, -0.2) is 26.3 Å². The van der Waals surface area contributed by atoms with Gasteiger partial charge >= 0.3 is 0 Å². The van der Waals surface area contributed by atoms with Crippen LogP contribution in [0.2, 0.25) is 0 Å². The number of aryl methyl sites for hydroxylation is 1. The summed E-state index contributed by atoms with van der Waals surface area (Å²) in [6.07, 6.45) is 4.02. The Morgan fingerprint density at radius 3 is 2.55 bits per heavy atom. The zero-order valence-electron chi connectivity index (χ0n) is 15.8. The van der Waals surface area contributed by atoms with Crippen molar-refractivity contribution in [3.63, 3.8) is 0 Å². The van der Waals surface area contributed by atoms with Gasteiger partial charge in [0.2, 0.25) is 0 Å². The molecule has 29 heavy (non-hydrogen) atoms. The summed E-state index contributed by atoms with van der Waals surface area (Å²) in [4.78, 5) is 34.5. The van der Waals surface area contributed by atoms with Gasteiger partial charge in [0, 0.05) is 24.5 Å². The van der Waals surface area contributed by atoms with Crippen LogP contribution in [0.5, 0.6) is 0 Å². The molecule has 0 bridgehead atoms. The molecule has 0 aliphatic heterocycles. The Labute approximate surface area is 171 Å². The molecule has 4 aromatic rings. The smallest absolute Gasteiger partial charge is 0.279 e. The molecule has 1 aromatic carbocycles. The van der Waals surface area contributed by atoms with Gasteiger partial charge in [0.15, 0.2) is 5.82 Å². The van der Waals surface area contributed by atoms with E-state index in [1.54, 1.807) is 18.2 Å². The fourth-order valence-corrected chi connectivity index (χ4v) is 3.94. The Morgan fingerprint density at radius 1 is 1.00 bits per heavy atom. The van der Waals surface area contributed by atoms with E-state index in [1.165, 1.54) is 23.7 Å². The minimum absolute atomic E-state index is 0.373. The number of carbonyl (C=O) groups is 2. The molecule has 146 valence electrons. The number of benzene rings is 1. The molecule has 0 saturated carbocycles. The van der Waals surface area contributed by atoms with E-state index >= 15 is 0 Å². The highest BCUT2D eigenvalue weighted by Gasteiger charge is 2.17. The minimum Gasteiger partial charge on any atom is -0.323 e. The van der Waals surface area contributed by atoms with Gasteiger partial charge in [0.05, 0.1) is 20.8 Å². The molecule has 2 amide bonds. The van der Waals surface area contributed by atoms with Gasteiger partial charge in [-0.05, 0) is 42.8 Å². The van der Waals surface area contributed by atoms with E-state index in [9.17, 15) is 9.59 Å². The maximum absolute atomic E-state index is 12.5. The number of amides is 2. The normalized spacial score (nSPS) is 10.8. The zero-order valence-corrected chi connectivity index (χ0v) is 16.6. The molecular formula is C21H19N5O2S. The number of nitrogens with zero attached hydrogens (tertiary/aromatic N) is 3. The van der Waals surface area contributed by atoms with Crippen molar-refractivity contribution in [3.8, 4) is 10.7 Å². The second-order valence-electron chi connectivity index (χ2n) is 6.38. The average Bonchev–Trinajstić information content (AvgIpc) is 3.38. The lowest BCUT2D eigenvalue weighted by molar-refractivity contribution is 0.0849. The van der Waals surface area contributed by atoms with Gasteiger partial charge in [-0.15, -0.1) is 11.3 Å². The van der Waals surface area contributed by atoms with Crippen LogP contribution in [0.4, 0.5) is 0 Å². The molecule has 0 saturated heterocycles. The Morgan fingerprint density at radius 2 is 1.76 bits per heavy atom. The van der Waals surface area contributed by atoms with Gasteiger partial charge in [-0.25, -0.2) is 4.98 Å². The van der Waals surface area contributed by atoms with Crippen LogP contribution in [0.1, 0.15) is 33.4 Å². The summed E-state index contributed by atoms with van der Waals surface area (Å²) in [7, 11) is 0. The molecule has 3 heterocycles. The quantitative estimate of drug-likeness (QED) is 0.496. The number of hydrazine groups is 1. The summed E-state index contributed by atoms with van der Waals surface area (Å²) >= 11 is 1.34. The maximum Gasteiger partial charge on any atom is 0.279 e. The van der Waals surface area contributed by atoms with Crippen molar-refractivity contribution in [2.75, 3.05) is 0 Å². The van der Waals surface area contributed by atoms with Crippen molar-refractivity contribution in [2.45, 2.75) is 19.9 Å². The lowest BCUT2D eigenvalue weighted by atomic mass is 10.3. The number of carbonyl (C=O) groups excluding carboxylic acids is 2. The van der Waals surface area contributed by atoms with Crippen LogP contribution in [0, 0.1) is 0 Å². The predicted molar refractivity (Wildman–Crippen MR) is 113 cm³/mol. The number of hydrogen-bond acceptors (Lipinski definition) is 5. The largest absolute Gasteiger partial charge is 0.323 e. The molecule has 0 atom stereocenters. The van der Waals surface area contributed by atoms with Crippen LogP contribution >= 0.6 is 11.3 Å². The van der Waals surface area contributed by atoms with Crippen LogP contribution < -0.4 is 10.9 Å². The second kappa shape index (κ2) is 8.24. The van der Waals surface area contributed by atoms with Crippen LogP contribution in [-0.2, 0) is 6.54 Å². The maximum atomic E-state index is 12.5. The van der Waals surface area contributed by atoms with Gasteiger partial charge in [-0.2, -0.15) is 0 Å². The number of fused-ring (bicyclic) bond motifs is 1. The number of pyridine rings is 1. The molecule has 0 aliphatic carbocycles. The minimum atomic E-state index is -0.401. The molecule has 0 fully saturated rings. The first-order valence-corrected chi connectivity index (χ1v) is 10.0. The summed E-state index contributed by atoms with van der Waals surface area (Å²) in [6, 6.07) is 14.8. The summed E-state index contributed by atoms with van der Waals surface area (Å²) < 4.78 is 2.17. The molecule has 3 aromatic heterocycles. The molecule has 2 N–H and O–H groups in total. The van der Waals surface area contributed by atoms with Crippen molar-refractivity contribution in [3.05, 3.63) is 71.4 Å². The highest BCUT2D eigenvalue weighted by molar-refractivity contribution is 7.17. The lowest BCUT2D eigenvalue weighted by Gasteiger charge is -2.06. The number of imidazole rings is 1. The number of nitrogens with one attached hydrogen (secondary N) is 2. The lowest BCUT2D eigenvalue weighted by Crippen LogP contribution is -2.41. The number of aromatic nitrogens is 3. The van der Waals surface area contributed by atoms with E-state index in [0.29, 0.717) is 10.4 Å². The second-order valence-corrected chi connectivity index (χ2v) is 7.47. The van der Waals surface area contributed by atoms with E-state index in [1.807, 2.05) is 24.3 Å². The van der Waals surface area contributed by atoms with Crippen LogP contribution in [0.15, 0.2) is 60.9 Å². The standard InChI is InChI=1S/C21H19N5O2S/c1-2-13-26-16-6-4-3-5-15(16)23-19(26)17-7-8-18(29-17)21(28)25-24-20(27)14-9-11-22-12-10-14/h3-12H,2,13H2,1H3,(H,24,27)(H,25,28). The Kier molecular flexibility index (Phi) is 5.35. The highest BCUT2D eigenvalue weighted by Crippen LogP contribution is 2.30. The van der Waals surface area contributed by atoms with Crippen molar-refractivity contribution < 1.29 is 9.59 Å². The average molecular weight is 405 g/mol. The molecule has 0 spiro atoms. The van der Waals surface area contributed by atoms with Gasteiger partial charge in [-0.1, -0.05) is 19.1 Å². The Balaban J connectivity index is 1.52. The Hall–Kier alpha value is -3.52. The van der Waals surface area contributed by atoms with Gasteiger partial charge in [0.25, 0.3) is 11.8 Å². The molecule has 0 unspecified atom stereocenters. The summed E-state index contributed by atoms with van der Waals surface area (Å²) in [5.41, 5.74) is 7.30. The molecule has 4 rings (SSSR count). The van der Waals surface area contributed by atoms with Crippen molar-refractivity contribution in [2.24, 2.45) is 0 Å². The van der Waals surface area contributed by atoms with E-state index in [0.717, 1.165) is 34.7 Å². The number of para-hydroxylation sites is 2. The van der Waals surface area contributed by atoms with Crippen molar-refractivity contribution >= 4 is 34.2 Å². The van der Waals surface area contributed by atoms with Crippen LogP contribution in [0.3, 0.4) is 0 Å². The van der Waals surface area contributed by atoms with E-state index in [-0.39, 0.29) is 5.91 Å². The topological polar surface area (TPSA) is 88.9 Å². The van der Waals surface area contributed by atoms with E-state index in [2.05, 4.69) is 33.4 Å². The van der Waals surface area contributed by atoms with Crippen molar-refractivity contribution in [1.82, 2.24) is 25.4 Å². The van der Waals surface area contributed by atoms with Gasteiger partial charge < -0.3 is 4.57 Å². The first-order valence-electron chi connectivity index (χ1n) is 9.23. The first kappa shape index (κ1) is 18.8. The summed E-state index contributed by atoms with van der Waals surface area (Å²) in [5, 5.41) is 0.